The molecule has 0 aliphatic carbocycles. The number of hydrogen-bond donors (Lipinski definition) is 1. The van der Waals surface area contributed by atoms with Gasteiger partial charge in [0.25, 0.3) is 0 Å². The molecule has 3 aromatic carbocycles. The Labute approximate surface area is 167 Å². The highest BCUT2D eigenvalue weighted by molar-refractivity contribution is 5.77. The predicted molar refractivity (Wildman–Crippen MR) is 114 cm³/mol. The average molecular weight is 373 g/mol. The van der Waals surface area contributed by atoms with E-state index < -0.39 is 0 Å². The van der Waals surface area contributed by atoms with Gasteiger partial charge in [-0.25, -0.2) is 0 Å². The number of rotatable bonds is 8. The number of benzene rings is 3. The topological polar surface area (TPSA) is 38.3 Å². The smallest absolute Gasteiger partial charge is 0.220 e. The van der Waals surface area contributed by atoms with Crippen molar-refractivity contribution in [1.29, 1.82) is 0 Å². The lowest BCUT2D eigenvalue weighted by molar-refractivity contribution is -0.121. The van der Waals surface area contributed by atoms with Crippen LogP contribution in [-0.4, -0.2) is 12.5 Å². The molecule has 0 spiro atoms. The van der Waals surface area contributed by atoms with E-state index in [1.807, 2.05) is 61.5 Å². The van der Waals surface area contributed by atoms with Gasteiger partial charge >= 0.3 is 0 Å². The highest BCUT2D eigenvalue weighted by Gasteiger charge is 2.18. The van der Waals surface area contributed by atoms with Crippen molar-refractivity contribution in [2.45, 2.75) is 32.7 Å². The maximum absolute atomic E-state index is 12.6. The maximum atomic E-state index is 12.6. The molecule has 144 valence electrons. The number of carbonyl (C=O) groups excluding carboxylic acids is 1. The van der Waals surface area contributed by atoms with Crippen LogP contribution in [0, 0.1) is 13.8 Å². The number of nitrogens with one attached hydrogen (secondary N) is 1. The first-order valence-electron chi connectivity index (χ1n) is 9.73. The highest BCUT2D eigenvalue weighted by atomic mass is 16.5. The molecule has 0 aromatic heterocycles. The van der Waals surface area contributed by atoms with E-state index in [9.17, 15) is 4.79 Å². The molecule has 0 fully saturated rings. The van der Waals surface area contributed by atoms with Gasteiger partial charge < -0.3 is 10.1 Å². The van der Waals surface area contributed by atoms with Crippen molar-refractivity contribution in [3.05, 3.63) is 101 Å². The molecule has 0 saturated heterocycles. The third kappa shape index (κ3) is 5.46. The van der Waals surface area contributed by atoms with E-state index in [2.05, 4.69) is 36.5 Å². The SMILES string of the molecule is Cc1ccc(OCCCC(=O)N[C@@H](c2ccccc2)c2ccccc2C)cc1. The Morgan fingerprint density at radius 2 is 1.57 bits per heavy atom. The zero-order chi connectivity index (χ0) is 19.8. The Balaban J connectivity index is 1.59. The second-order valence-electron chi connectivity index (χ2n) is 7.03. The molecule has 0 bridgehead atoms. The van der Waals surface area contributed by atoms with Gasteiger partial charge in [-0.1, -0.05) is 72.3 Å². The summed E-state index contributed by atoms with van der Waals surface area (Å²) in [4.78, 5) is 12.6. The molecule has 1 atom stereocenters. The zero-order valence-corrected chi connectivity index (χ0v) is 16.5. The van der Waals surface area contributed by atoms with Crippen LogP contribution in [0.4, 0.5) is 0 Å². The molecule has 3 aromatic rings. The quantitative estimate of drug-likeness (QED) is 0.539. The van der Waals surface area contributed by atoms with Crippen LogP contribution in [0.3, 0.4) is 0 Å². The summed E-state index contributed by atoms with van der Waals surface area (Å²) >= 11 is 0. The summed E-state index contributed by atoms with van der Waals surface area (Å²) in [5, 5.41) is 3.20. The lowest BCUT2D eigenvalue weighted by atomic mass is 9.95. The lowest BCUT2D eigenvalue weighted by Gasteiger charge is -2.21. The van der Waals surface area contributed by atoms with Crippen LogP contribution in [0.2, 0.25) is 0 Å². The van der Waals surface area contributed by atoms with Gasteiger partial charge in [0, 0.05) is 6.42 Å². The van der Waals surface area contributed by atoms with Crippen LogP contribution in [0.5, 0.6) is 5.75 Å². The van der Waals surface area contributed by atoms with Crippen LogP contribution >= 0.6 is 0 Å². The van der Waals surface area contributed by atoms with Crippen LogP contribution < -0.4 is 10.1 Å². The summed E-state index contributed by atoms with van der Waals surface area (Å²) in [5.41, 5.74) is 4.58. The van der Waals surface area contributed by atoms with E-state index in [0.717, 1.165) is 16.9 Å². The molecule has 0 saturated carbocycles. The average Bonchev–Trinajstić information content (AvgIpc) is 2.72. The van der Waals surface area contributed by atoms with Crippen LogP contribution in [0.25, 0.3) is 0 Å². The minimum atomic E-state index is -0.145. The van der Waals surface area contributed by atoms with Gasteiger partial charge in [0.15, 0.2) is 0 Å². The molecule has 3 heteroatoms. The second-order valence-corrected chi connectivity index (χ2v) is 7.03. The molecule has 3 nitrogen and oxygen atoms in total. The summed E-state index contributed by atoms with van der Waals surface area (Å²) in [6.07, 6.45) is 1.11. The summed E-state index contributed by atoms with van der Waals surface area (Å²) < 4.78 is 5.72. The first-order chi connectivity index (χ1) is 13.6. The molecule has 0 unspecified atom stereocenters. The molecule has 28 heavy (non-hydrogen) atoms. The fourth-order valence-corrected chi connectivity index (χ4v) is 3.19. The summed E-state index contributed by atoms with van der Waals surface area (Å²) in [7, 11) is 0. The van der Waals surface area contributed by atoms with E-state index in [4.69, 9.17) is 4.74 Å². The van der Waals surface area contributed by atoms with Gasteiger partial charge in [-0.05, 0) is 49.1 Å². The zero-order valence-electron chi connectivity index (χ0n) is 16.5. The van der Waals surface area contributed by atoms with E-state index in [1.54, 1.807) is 0 Å². The Bertz CT molecular complexity index is 888. The predicted octanol–water partition coefficient (Wildman–Crippen LogP) is 5.37. The third-order valence-electron chi connectivity index (χ3n) is 4.78. The lowest BCUT2D eigenvalue weighted by Crippen LogP contribution is -2.29. The van der Waals surface area contributed by atoms with E-state index in [-0.39, 0.29) is 11.9 Å². The highest BCUT2D eigenvalue weighted by Crippen LogP contribution is 2.25. The fourth-order valence-electron chi connectivity index (χ4n) is 3.19. The minimum absolute atomic E-state index is 0.0320. The van der Waals surface area contributed by atoms with E-state index in [0.29, 0.717) is 19.4 Å². The first-order valence-corrected chi connectivity index (χ1v) is 9.73. The van der Waals surface area contributed by atoms with Crippen molar-refractivity contribution in [1.82, 2.24) is 5.32 Å². The van der Waals surface area contributed by atoms with Crippen molar-refractivity contribution >= 4 is 5.91 Å². The van der Waals surface area contributed by atoms with Gasteiger partial charge in [0.05, 0.1) is 12.6 Å². The van der Waals surface area contributed by atoms with Gasteiger partial charge in [-0.3, -0.25) is 4.79 Å². The van der Waals surface area contributed by atoms with Crippen molar-refractivity contribution in [2.75, 3.05) is 6.61 Å². The van der Waals surface area contributed by atoms with Crippen LogP contribution in [-0.2, 0) is 4.79 Å². The van der Waals surface area contributed by atoms with Gasteiger partial charge in [-0.15, -0.1) is 0 Å². The number of aryl methyl sites for hydroxylation is 2. The molecular weight excluding hydrogens is 346 g/mol. The Morgan fingerprint density at radius 1 is 0.893 bits per heavy atom. The Morgan fingerprint density at radius 3 is 2.29 bits per heavy atom. The van der Waals surface area contributed by atoms with Crippen LogP contribution in [0.1, 0.15) is 41.1 Å². The molecule has 0 radical (unpaired) electrons. The molecular formula is C25H27NO2. The number of amides is 1. The monoisotopic (exact) mass is 373 g/mol. The molecule has 1 amide bonds. The molecule has 0 aliphatic heterocycles. The van der Waals surface area contributed by atoms with Gasteiger partial charge in [0.2, 0.25) is 5.91 Å². The minimum Gasteiger partial charge on any atom is -0.494 e. The second kappa shape index (κ2) is 9.75. The molecule has 1 N–H and O–H groups in total. The van der Waals surface area contributed by atoms with Gasteiger partial charge in [-0.2, -0.15) is 0 Å². The van der Waals surface area contributed by atoms with Crippen molar-refractivity contribution in [2.24, 2.45) is 0 Å². The Kier molecular flexibility index (Phi) is 6.85. The van der Waals surface area contributed by atoms with E-state index >= 15 is 0 Å². The number of carbonyl (C=O) groups is 1. The normalized spacial score (nSPS) is 11.6. The third-order valence-corrected chi connectivity index (χ3v) is 4.78. The van der Waals surface area contributed by atoms with E-state index in [1.165, 1.54) is 11.1 Å². The largest absolute Gasteiger partial charge is 0.494 e. The summed E-state index contributed by atoms with van der Waals surface area (Å²) in [6, 6.07) is 26.1. The molecule has 0 heterocycles. The fraction of sp³-hybridized carbons (Fsp3) is 0.240. The van der Waals surface area contributed by atoms with Crippen molar-refractivity contribution < 1.29 is 9.53 Å². The Hall–Kier alpha value is -3.07. The van der Waals surface area contributed by atoms with Gasteiger partial charge in [0.1, 0.15) is 5.75 Å². The van der Waals surface area contributed by atoms with Crippen molar-refractivity contribution in [3.63, 3.8) is 0 Å². The molecule has 3 rings (SSSR count). The summed E-state index contributed by atoms with van der Waals surface area (Å²) in [6.45, 7) is 4.65. The molecule has 0 aliphatic rings. The van der Waals surface area contributed by atoms with Crippen LogP contribution in [0.15, 0.2) is 78.9 Å². The summed E-state index contributed by atoms with van der Waals surface area (Å²) in [5.74, 6) is 0.873. The number of hydrogen-bond acceptors (Lipinski definition) is 2. The standard InChI is InChI=1S/C25H27NO2/c1-19-14-16-22(17-15-19)28-18-8-13-24(27)26-25(21-10-4-3-5-11-21)23-12-7-6-9-20(23)2/h3-7,9-12,14-17,25H,8,13,18H2,1-2H3,(H,26,27)/t25-/m0/s1. The maximum Gasteiger partial charge on any atom is 0.220 e. The number of ether oxygens (including phenoxy) is 1. The first kappa shape index (κ1) is 19.7. The van der Waals surface area contributed by atoms with Crippen molar-refractivity contribution in [3.8, 4) is 5.75 Å².